The summed E-state index contributed by atoms with van der Waals surface area (Å²) in [5.74, 6) is 1.11. The lowest BCUT2D eigenvalue weighted by molar-refractivity contribution is 0.102. The molecule has 0 saturated carbocycles. The van der Waals surface area contributed by atoms with Gasteiger partial charge in [-0.3, -0.25) is 4.79 Å². The van der Waals surface area contributed by atoms with Crippen molar-refractivity contribution in [2.45, 2.75) is 0 Å². The number of anilines is 2. The number of hydrogen-bond acceptors (Lipinski definition) is 5. The van der Waals surface area contributed by atoms with Crippen LogP contribution in [0.4, 0.5) is 11.6 Å². The molecule has 0 unspecified atom stereocenters. The standard InChI is InChI=1S/C16H18BrN5O/c1-21-8-10-22(11-9-21)15-7-6-14(19-20-15)18-16(23)12-2-4-13(17)5-3-12/h2-7H,8-11H2,1H3,(H,18,19,23). The average Bonchev–Trinajstić information content (AvgIpc) is 2.57. The first-order chi connectivity index (χ1) is 11.1. The Hall–Kier alpha value is -1.99. The molecule has 2 heterocycles. The minimum atomic E-state index is -0.195. The number of nitrogens with zero attached hydrogens (tertiary/aromatic N) is 4. The van der Waals surface area contributed by atoms with Gasteiger partial charge in [-0.2, -0.15) is 0 Å². The Bertz CT molecular complexity index is 666. The third-order valence-electron chi connectivity index (χ3n) is 3.83. The van der Waals surface area contributed by atoms with Crippen molar-refractivity contribution in [2.75, 3.05) is 43.4 Å². The summed E-state index contributed by atoms with van der Waals surface area (Å²) in [5.41, 5.74) is 0.582. The van der Waals surface area contributed by atoms with Gasteiger partial charge in [0.25, 0.3) is 5.91 Å². The lowest BCUT2D eigenvalue weighted by atomic mass is 10.2. The van der Waals surface area contributed by atoms with Gasteiger partial charge in [-0.05, 0) is 43.4 Å². The van der Waals surface area contributed by atoms with Gasteiger partial charge in [-0.25, -0.2) is 0 Å². The fraction of sp³-hybridized carbons (Fsp3) is 0.312. The van der Waals surface area contributed by atoms with E-state index in [1.165, 1.54) is 0 Å². The number of carbonyl (C=O) groups excluding carboxylic acids is 1. The van der Waals surface area contributed by atoms with Crippen LogP contribution in [-0.4, -0.2) is 54.2 Å². The number of hydrogen-bond donors (Lipinski definition) is 1. The number of benzene rings is 1. The van der Waals surface area contributed by atoms with E-state index in [0.717, 1.165) is 36.5 Å². The van der Waals surface area contributed by atoms with Gasteiger partial charge in [0.2, 0.25) is 0 Å². The van der Waals surface area contributed by atoms with Gasteiger partial charge >= 0.3 is 0 Å². The summed E-state index contributed by atoms with van der Waals surface area (Å²) >= 11 is 3.35. The number of aromatic nitrogens is 2. The van der Waals surface area contributed by atoms with Crippen LogP contribution >= 0.6 is 15.9 Å². The molecule has 1 N–H and O–H groups in total. The van der Waals surface area contributed by atoms with Gasteiger partial charge in [0.1, 0.15) is 0 Å². The molecule has 0 aliphatic carbocycles. The first-order valence-electron chi connectivity index (χ1n) is 7.46. The Morgan fingerprint density at radius 2 is 1.74 bits per heavy atom. The Morgan fingerprint density at radius 3 is 2.35 bits per heavy atom. The molecule has 1 saturated heterocycles. The SMILES string of the molecule is CN1CCN(c2ccc(NC(=O)c3ccc(Br)cc3)nn2)CC1. The van der Waals surface area contributed by atoms with Crippen LogP contribution in [0.1, 0.15) is 10.4 Å². The van der Waals surface area contributed by atoms with Crippen molar-refractivity contribution in [1.82, 2.24) is 15.1 Å². The lowest BCUT2D eigenvalue weighted by Gasteiger charge is -2.32. The molecule has 1 amide bonds. The highest BCUT2D eigenvalue weighted by atomic mass is 79.9. The number of nitrogens with one attached hydrogen (secondary N) is 1. The second-order valence-corrected chi connectivity index (χ2v) is 6.44. The molecule has 0 radical (unpaired) electrons. The number of halogens is 1. The summed E-state index contributed by atoms with van der Waals surface area (Å²) in [4.78, 5) is 16.6. The number of amides is 1. The summed E-state index contributed by atoms with van der Waals surface area (Å²) in [6, 6.07) is 10.9. The van der Waals surface area contributed by atoms with Gasteiger partial charge < -0.3 is 15.1 Å². The van der Waals surface area contributed by atoms with Crippen molar-refractivity contribution in [2.24, 2.45) is 0 Å². The van der Waals surface area contributed by atoms with E-state index in [1.807, 2.05) is 18.2 Å². The molecular formula is C16H18BrN5O. The van der Waals surface area contributed by atoms with Crippen molar-refractivity contribution < 1.29 is 4.79 Å². The van der Waals surface area contributed by atoms with Crippen LogP contribution in [0.5, 0.6) is 0 Å². The zero-order valence-electron chi connectivity index (χ0n) is 12.9. The van der Waals surface area contributed by atoms with Gasteiger partial charge in [0, 0.05) is 36.2 Å². The molecule has 1 aliphatic rings. The third kappa shape index (κ3) is 4.05. The molecule has 1 aromatic heterocycles. The quantitative estimate of drug-likeness (QED) is 0.891. The summed E-state index contributed by atoms with van der Waals surface area (Å²) in [5, 5.41) is 11.1. The molecular weight excluding hydrogens is 358 g/mol. The van der Waals surface area contributed by atoms with Crippen molar-refractivity contribution in [3.8, 4) is 0 Å². The maximum Gasteiger partial charge on any atom is 0.256 e. The summed E-state index contributed by atoms with van der Waals surface area (Å²) in [7, 11) is 2.11. The van der Waals surface area contributed by atoms with Crippen molar-refractivity contribution in [3.05, 3.63) is 46.4 Å². The molecule has 23 heavy (non-hydrogen) atoms. The molecule has 0 spiro atoms. The number of rotatable bonds is 3. The summed E-state index contributed by atoms with van der Waals surface area (Å²) < 4.78 is 0.936. The minimum Gasteiger partial charge on any atom is -0.353 e. The van der Waals surface area contributed by atoms with E-state index in [0.29, 0.717) is 11.4 Å². The molecule has 120 valence electrons. The van der Waals surface area contributed by atoms with Crippen LogP contribution in [0, 0.1) is 0 Å². The smallest absolute Gasteiger partial charge is 0.256 e. The minimum absolute atomic E-state index is 0.195. The summed E-state index contributed by atoms with van der Waals surface area (Å²) in [6.45, 7) is 3.92. The maximum atomic E-state index is 12.1. The van der Waals surface area contributed by atoms with Gasteiger partial charge in [-0.1, -0.05) is 15.9 Å². The highest BCUT2D eigenvalue weighted by Crippen LogP contribution is 2.15. The van der Waals surface area contributed by atoms with Crippen LogP contribution in [0.25, 0.3) is 0 Å². The zero-order chi connectivity index (χ0) is 16.2. The second-order valence-electron chi connectivity index (χ2n) is 5.53. The summed E-state index contributed by atoms with van der Waals surface area (Å²) in [6.07, 6.45) is 0. The Balaban J connectivity index is 1.63. The van der Waals surface area contributed by atoms with E-state index in [4.69, 9.17) is 0 Å². The van der Waals surface area contributed by atoms with E-state index >= 15 is 0 Å². The van der Waals surface area contributed by atoms with E-state index in [2.05, 4.69) is 48.3 Å². The average molecular weight is 376 g/mol. The Kier molecular flexibility index (Phi) is 4.88. The second kappa shape index (κ2) is 7.06. The molecule has 0 atom stereocenters. The fourth-order valence-electron chi connectivity index (χ4n) is 2.39. The Morgan fingerprint density at radius 1 is 1.04 bits per heavy atom. The molecule has 3 rings (SSSR count). The molecule has 1 aromatic carbocycles. The van der Waals surface area contributed by atoms with Gasteiger partial charge in [-0.15, -0.1) is 10.2 Å². The maximum absolute atomic E-state index is 12.1. The van der Waals surface area contributed by atoms with E-state index in [1.54, 1.807) is 18.2 Å². The van der Waals surface area contributed by atoms with Crippen molar-refractivity contribution >= 4 is 33.5 Å². The van der Waals surface area contributed by atoms with Gasteiger partial charge in [0.15, 0.2) is 11.6 Å². The molecule has 2 aromatic rings. The largest absolute Gasteiger partial charge is 0.353 e. The highest BCUT2D eigenvalue weighted by Gasteiger charge is 2.15. The van der Waals surface area contributed by atoms with Crippen LogP contribution in [0.2, 0.25) is 0 Å². The van der Waals surface area contributed by atoms with E-state index in [9.17, 15) is 4.79 Å². The first kappa shape index (κ1) is 15.9. The predicted molar refractivity (Wildman–Crippen MR) is 93.8 cm³/mol. The van der Waals surface area contributed by atoms with Crippen LogP contribution < -0.4 is 10.2 Å². The van der Waals surface area contributed by atoms with Crippen molar-refractivity contribution in [1.29, 1.82) is 0 Å². The normalized spacial score (nSPS) is 15.5. The predicted octanol–water partition coefficient (Wildman–Crippen LogP) is 2.24. The third-order valence-corrected chi connectivity index (χ3v) is 4.35. The van der Waals surface area contributed by atoms with Crippen LogP contribution in [0.15, 0.2) is 40.9 Å². The number of likely N-dealkylation sites (N-methyl/N-ethyl adjacent to an activating group) is 1. The van der Waals surface area contributed by atoms with Crippen LogP contribution in [0.3, 0.4) is 0 Å². The van der Waals surface area contributed by atoms with Crippen molar-refractivity contribution in [3.63, 3.8) is 0 Å². The number of carbonyl (C=O) groups is 1. The molecule has 1 fully saturated rings. The molecule has 0 bridgehead atoms. The molecule has 7 heteroatoms. The highest BCUT2D eigenvalue weighted by molar-refractivity contribution is 9.10. The topological polar surface area (TPSA) is 61.4 Å². The van der Waals surface area contributed by atoms with Crippen LogP contribution in [-0.2, 0) is 0 Å². The lowest BCUT2D eigenvalue weighted by Crippen LogP contribution is -2.44. The van der Waals surface area contributed by atoms with Gasteiger partial charge in [0.05, 0.1) is 0 Å². The van der Waals surface area contributed by atoms with E-state index in [-0.39, 0.29) is 5.91 Å². The molecule has 1 aliphatic heterocycles. The fourth-order valence-corrected chi connectivity index (χ4v) is 2.65. The number of piperazine rings is 1. The van der Waals surface area contributed by atoms with E-state index < -0.39 is 0 Å². The monoisotopic (exact) mass is 375 g/mol. The Labute approximate surface area is 143 Å². The molecule has 6 nitrogen and oxygen atoms in total. The zero-order valence-corrected chi connectivity index (χ0v) is 14.5. The first-order valence-corrected chi connectivity index (χ1v) is 8.25.